The van der Waals surface area contributed by atoms with E-state index in [0.717, 1.165) is 19.3 Å². The number of ether oxygens (including phenoxy) is 1. The fourth-order valence-corrected chi connectivity index (χ4v) is 3.53. The number of likely N-dealkylation sites (tertiary alicyclic amines) is 1. The Morgan fingerprint density at radius 2 is 2.00 bits per heavy atom. The first-order chi connectivity index (χ1) is 12.2. The molecule has 132 valence electrons. The normalized spacial score (nSPS) is 21.8. The number of fused-ring (bicyclic) bond motifs is 1. The van der Waals surface area contributed by atoms with Gasteiger partial charge in [0.2, 0.25) is 0 Å². The molecule has 8 heteroatoms. The fourth-order valence-electron chi connectivity index (χ4n) is 3.53. The molecule has 4 rings (SSSR count). The summed E-state index contributed by atoms with van der Waals surface area (Å²) in [5, 5.41) is 7.53. The predicted molar refractivity (Wildman–Crippen MR) is 88.0 cm³/mol. The van der Waals surface area contributed by atoms with Crippen molar-refractivity contribution in [3.05, 3.63) is 23.8 Å². The van der Waals surface area contributed by atoms with Gasteiger partial charge >= 0.3 is 6.09 Å². The second-order valence-electron chi connectivity index (χ2n) is 6.56. The van der Waals surface area contributed by atoms with Crippen LogP contribution in [0.3, 0.4) is 0 Å². The molecule has 2 amide bonds. The minimum Gasteiger partial charge on any atom is -0.444 e. The molecule has 3 heterocycles. The molecule has 0 aliphatic carbocycles. The molecule has 2 aliphatic heterocycles. The molecule has 0 saturated carbocycles. The lowest BCUT2D eigenvalue weighted by atomic mass is 10.0. The number of nitrogens with zero attached hydrogens (tertiary/aromatic N) is 4. The predicted octanol–water partition coefficient (Wildman–Crippen LogP) is 2.06. The third-order valence-corrected chi connectivity index (χ3v) is 5.05. The van der Waals surface area contributed by atoms with Crippen LogP contribution >= 0.6 is 0 Å². The van der Waals surface area contributed by atoms with E-state index >= 15 is 0 Å². The van der Waals surface area contributed by atoms with Crippen LogP contribution in [-0.4, -0.2) is 63.9 Å². The second kappa shape index (κ2) is 6.34. The number of rotatable bonds is 3. The van der Waals surface area contributed by atoms with E-state index in [1.807, 2.05) is 16.7 Å². The fraction of sp³-hybridized carbons (Fsp3) is 0.529. The van der Waals surface area contributed by atoms with Gasteiger partial charge in [-0.25, -0.2) is 9.42 Å². The molecule has 1 aromatic carbocycles. The zero-order valence-electron chi connectivity index (χ0n) is 14.1. The standard InChI is InChI=1S/C17H20N4O4/c1-2-13-10-21(17(23)24-13)12-5-7-20(8-6-12)16(22)11-3-4-14-15(9-11)19-25-18-14/h3-4,9,12-13H,2,5-8,10H2,1H3. The van der Waals surface area contributed by atoms with Gasteiger partial charge in [-0.3, -0.25) is 4.79 Å². The van der Waals surface area contributed by atoms with Crippen LogP contribution in [0.4, 0.5) is 4.79 Å². The van der Waals surface area contributed by atoms with Crippen LogP contribution in [0.15, 0.2) is 22.8 Å². The first-order valence-corrected chi connectivity index (χ1v) is 8.64. The smallest absolute Gasteiger partial charge is 0.410 e. The Morgan fingerprint density at radius 1 is 1.24 bits per heavy atom. The van der Waals surface area contributed by atoms with Crippen molar-refractivity contribution in [2.75, 3.05) is 19.6 Å². The molecule has 2 aromatic rings. The average Bonchev–Trinajstić information content (AvgIpc) is 3.26. The summed E-state index contributed by atoms with van der Waals surface area (Å²) in [6.45, 7) is 3.92. The number of piperidine rings is 1. The van der Waals surface area contributed by atoms with Crippen molar-refractivity contribution in [1.82, 2.24) is 20.1 Å². The number of aromatic nitrogens is 2. The Labute approximate surface area is 144 Å². The van der Waals surface area contributed by atoms with E-state index < -0.39 is 0 Å². The number of cyclic esters (lactones) is 1. The summed E-state index contributed by atoms with van der Waals surface area (Å²) in [5.74, 6) is -0.0289. The molecule has 2 saturated heterocycles. The lowest BCUT2D eigenvalue weighted by Crippen LogP contribution is -2.47. The van der Waals surface area contributed by atoms with Crippen molar-refractivity contribution in [3.8, 4) is 0 Å². The van der Waals surface area contributed by atoms with Gasteiger partial charge in [0.25, 0.3) is 5.91 Å². The Kier molecular flexibility index (Phi) is 4.03. The summed E-state index contributed by atoms with van der Waals surface area (Å²) in [6.07, 6.45) is 2.14. The molecule has 0 radical (unpaired) electrons. The third kappa shape index (κ3) is 2.92. The van der Waals surface area contributed by atoms with Crippen LogP contribution in [0.1, 0.15) is 36.5 Å². The molecule has 0 spiro atoms. The first-order valence-electron chi connectivity index (χ1n) is 8.64. The Balaban J connectivity index is 1.39. The Hall–Kier alpha value is -2.64. The van der Waals surface area contributed by atoms with Gasteiger partial charge in [-0.1, -0.05) is 6.92 Å². The third-order valence-electron chi connectivity index (χ3n) is 5.05. The monoisotopic (exact) mass is 344 g/mol. The lowest BCUT2D eigenvalue weighted by molar-refractivity contribution is 0.0658. The zero-order chi connectivity index (χ0) is 17.4. The zero-order valence-corrected chi connectivity index (χ0v) is 14.1. The van der Waals surface area contributed by atoms with Crippen LogP contribution < -0.4 is 0 Å². The van der Waals surface area contributed by atoms with Gasteiger partial charge in [0.15, 0.2) is 0 Å². The van der Waals surface area contributed by atoms with Crippen molar-refractivity contribution in [2.45, 2.75) is 38.3 Å². The second-order valence-corrected chi connectivity index (χ2v) is 6.56. The number of hydrogen-bond acceptors (Lipinski definition) is 6. The van der Waals surface area contributed by atoms with Gasteiger partial charge < -0.3 is 14.5 Å². The van der Waals surface area contributed by atoms with Crippen LogP contribution in [0, 0.1) is 0 Å². The van der Waals surface area contributed by atoms with Gasteiger partial charge in [0.05, 0.1) is 6.54 Å². The Morgan fingerprint density at radius 3 is 2.72 bits per heavy atom. The van der Waals surface area contributed by atoms with E-state index in [2.05, 4.69) is 14.9 Å². The highest BCUT2D eigenvalue weighted by Gasteiger charge is 2.37. The molecule has 1 atom stereocenters. The van der Waals surface area contributed by atoms with E-state index in [9.17, 15) is 9.59 Å². The quantitative estimate of drug-likeness (QED) is 0.847. The average molecular weight is 344 g/mol. The minimum atomic E-state index is -0.222. The molecule has 0 bridgehead atoms. The summed E-state index contributed by atoms with van der Waals surface area (Å²) in [6, 6.07) is 5.32. The molecule has 8 nitrogen and oxygen atoms in total. The molecule has 1 aromatic heterocycles. The molecule has 25 heavy (non-hydrogen) atoms. The van der Waals surface area contributed by atoms with Crippen molar-refractivity contribution in [1.29, 1.82) is 0 Å². The topological polar surface area (TPSA) is 88.8 Å². The van der Waals surface area contributed by atoms with Crippen molar-refractivity contribution < 1.29 is 19.0 Å². The minimum absolute atomic E-state index is 0.00467. The van der Waals surface area contributed by atoms with Crippen LogP contribution in [-0.2, 0) is 4.74 Å². The van der Waals surface area contributed by atoms with E-state index in [1.54, 1.807) is 18.2 Å². The number of benzene rings is 1. The highest BCUT2D eigenvalue weighted by Crippen LogP contribution is 2.24. The summed E-state index contributed by atoms with van der Waals surface area (Å²) in [7, 11) is 0. The maximum Gasteiger partial charge on any atom is 0.410 e. The summed E-state index contributed by atoms with van der Waals surface area (Å²) < 4.78 is 10.0. The molecule has 2 aliphatic rings. The van der Waals surface area contributed by atoms with E-state index in [-0.39, 0.29) is 24.1 Å². The largest absolute Gasteiger partial charge is 0.444 e. The molecule has 1 unspecified atom stereocenters. The van der Waals surface area contributed by atoms with E-state index in [0.29, 0.717) is 36.2 Å². The molecular formula is C17H20N4O4. The first kappa shape index (κ1) is 15.9. The highest BCUT2D eigenvalue weighted by atomic mass is 16.6. The van der Waals surface area contributed by atoms with Crippen LogP contribution in [0.2, 0.25) is 0 Å². The van der Waals surface area contributed by atoms with E-state index in [4.69, 9.17) is 4.74 Å². The van der Waals surface area contributed by atoms with Crippen molar-refractivity contribution >= 4 is 23.0 Å². The highest BCUT2D eigenvalue weighted by molar-refractivity contribution is 5.97. The lowest BCUT2D eigenvalue weighted by Gasteiger charge is -2.35. The maximum atomic E-state index is 12.7. The van der Waals surface area contributed by atoms with Crippen molar-refractivity contribution in [2.24, 2.45) is 0 Å². The molecular weight excluding hydrogens is 324 g/mol. The van der Waals surface area contributed by atoms with Crippen LogP contribution in [0.5, 0.6) is 0 Å². The van der Waals surface area contributed by atoms with Crippen molar-refractivity contribution in [3.63, 3.8) is 0 Å². The van der Waals surface area contributed by atoms with Crippen LogP contribution in [0.25, 0.3) is 11.0 Å². The summed E-state index contributed by atoms with van der Waals surface area (Å²) in [4.78, 5) is 28.3. The number of amides is 2. The van der Waals surface area contributed by atoms with Gasteiger partial charge in [-0.05, 0) is 47.8 Å². The number of carbonyl (C=O) groups excluding carboxylic acids is 2. The summed E-state index contributed by atoms with van der Waals surface area (Å²) >= 11 is 0. The van der Waals surface area contributed by atoms with Gasteiger partial charge in [0.1, 0.15) is 17.1 Å². The molecule has 2 fully saturated rings. The van der Waals surface area contributed by atoms with Gasteiger partial charge in [-0.2, -0.15) is 0 Å². The van der Waals surface area contributed by atoms with E-state index in [1.165, 1.54) is 0 Å². The summed E-state index contributed by atoms with van der Waals surface area (Å²) in [5.41, 5.74) is 1.78. The molecule has 0 N–H and O–H groups in total. The number of hydrogen-bond donors (Lipinski definition) is 0. The maximum absolute atomic E-state index is 12.7. The SMILES string of the molecule is CCC1CN(C2CCN(C(=O)c3ccc4nonc4c3)CC2)C(=O)O1. The number of carbonyl (C=O) groups is 2. The van der Waals surface area contributed by atoms with Gasteiger partial charge in [-0.15, -0.1) is 0 Å². The Bertz CT molecular complexity index is 797. The van der Waals surface area contributed by atoms with Gasteiger partial charge in [0, 0.05) is 24.7 Å².